The Balaban J connectivity index is 2.05. The zero-order chi connectivity index (χ0) is 24.9. The van der Waals surface area contributed by atoms with Gasteiger partial charge in [0, 0.05) is 39.4 Å². The zero-order valence-corrected chi connectivity index (χ0v) is 21.3. The standard InChI is InChI=1S/C26H32F2N2O3Si/c1-18(19-9-7-6-8-10-19)33-24-16-23(21-12-11-20(27)15-22(21)28)30(25(24)26(31)29-2)17-32-13-14-34(3,4)5/h6-12,15-16,18H,13-14,17H2,1-5H3,(H,29,31)/t18-/m0/s1. The van der Waals surface area contributed by atoms with Crippen LogP contribution in [0.3, 0.4) is 0 Å². The lowest BCUT2D eigenvalue weighted by molar-refractivity contribution is 0.0792. The summed E-state index contributed by atoms with van der Waals surface area (Å²) in [5, 5.41) is 2.64. The van der Waals surface area contributed by atoms with E-state index in [9.17, 15) is 13.6 Å². The Morgan fingerprint density at radius 1 is 1.09 bits per heavy atom. The molecule has 0 aliphatic heterocycles. The molecule has 8 heteroatoms. The number of carbonyl (C=O) groups excluding carboxylic acids is 1. The van der Waals surface area contributed by atoms with Crippen molar-refractivity contribution < 1.29 is 23.0 Å². The van der Waals surface area contributed by atoms with Gasteiger partial charge < -0.3 is 19.4 Å². The van der Waals surface area contributed by atoms with Crippen molar-refractivity contribution in [1.82, 2.24) is 9.88 Å². The molecule has 3 rings (SSSR count). The fourth-order valence-electron chi connectivity index (χ4n) is 3.54. The van der Waals surface area contributed by atoms with Crippen molar-refractivity contribution in [3.63, 3.8) is 0 Å². The summed E-state index contributed by atoms with van der Waals surface area (Å²) in [6.07, 6.45) is -0.362. The number of ether oxygens (including phenoxy) is 2. The van der Waals surface area contributed by atoms with E-state index in [0.29, 0.717) is 18.1 Å². The van der Waals surface area contributed by atoms with Crippen molar-refractivity contribution >= 4 is 14.0 Å². The third-order valence-corrected chi connectivity index (χ3v) is 7.20. The normalized spacial score (nSPS) is 12.4. The molecule has 0 bridgehead atoms. The van der Waals surface area contributed by atoms with Gasteiger partial charge in [0.1, 0.15) is 24.5 Å². The molecule has 2 aromatic carbocycles. The number of halogens is 2. The number of carbonyl (C=O) groups is 1. The topological polar surface area (TPSA) is 52.5 Å². The summed E-state index contributed by atoms with van der Waals surface area (Å²) in [5.41, 5.74) is 1.68. The van der Waals surface area contributed by atoms with Gasteiger partial charge in [-0.05, 0) is 30.7 Å². The number of hydrogen-bond acceptors (Lipinski definition) is 3. The maximum Gasteiger partial charge on any atom is 0.271 e. The van der Waals surface area contributed by atoms with Crippen molar-refractivity contribution in [1.29, 1.82) is 0 Å². The first-order valence-corrected chi connectivity index (χ1v) is 15.0. The highest BCUT2D eigenvalue weighted by molar-refractivity contribution is 6.76. The molecule has 0 aliphatic rings. The summed E-state index contributed by atoms with van der Waals surface area (Å²) in [6.45, 7) is 9.17. The minimum atomic E-state index is -1.32. The molecule has 182 valence electrons. The first kappa shape index (κ1) is 25.6. The van der Waals surface area contributed by atoms with Gasteiger partial charge in [-0.25, -0.2) is 8.78 Å². The fourth-order valence-corrected chi connectivity index (χ4v) is 4.29. The number of aromatic nitrogens is 1. The average molecular weight is 487 g/mol. The predicted octanol–water partition coefficient (Wildman–Crippen LogP) is 6.25. The van der Waals surface area contributed by atoms with Gasteiger partial charge in [0.05, 0.1) is 5.69 Å². The van der Waals surface area contributed by atoms with E-state index in [1.165, 1.54) is 19.2 Å². The molecular formula is C26H32F2N2O3Si. The summed E-state index contributed by atoms with van der Waals surface area (Å²) in [4.78, 5) is 12.9. The van der Waals surface area contributed by atoms with E-state index in [2.05, 4.69) is 25.0 Å². The van der Waals surface area contributed by atoms with Gasteiger partial charge in [-0.3, -0.25) is 4.79 Å². The van der Waals surface area contributed by atoms with Gasteiger partial charge in [0.25, 0.3) is 5.91 Å². The Morgan fingerprint density at radius 2 is 1.79 bits per heavy atom. The largest absolute Gasteiger partial charge is 0.484 e. The lowest BCUT2D eigenvalue weighted by Crippen LogP contribution is -2.25. The Morgan fingerprint density at radius 3 is 2.41 bits per heavy atom. The highest BCUT2D eigenvalue weighted by atomic mass is 28.3. The van der Waals surface area contributed by atoms with Crippen LogP contribution in [0.15, 0.2) is 54.6 Å². The molecule has 0 saturated carbocycles. The molecule has 1 amide bonds. The van der Waals surface area contributed by atoms with Gasteiger partial charge >= 0.3 is 0 Å². The van der Waals surface area contributed by atoms with Gasteiger partial charge in [-0.15, -0.1) is 0 Å². The van der Waals surface area contributed by atoms with Gasteiger partial charge in [0.15, 0.2) is 11.4 Å². The van der Waals surface area contributed by atoms with Crippen LogP contribution in [0.2, 0.25) is 25.7 Å². The molecule has 34 heavy (non-hydrogen) atoms. The molecule has 0 aliphatic carbocycles. The van der Waals surface area contributed by atoms with Gasteiger partial charge in [0.2, 0.25) is 0 Å². The van der Waals surface area contributed by atoms with E-state index in [4.69, 9.17) is 9.47 Å². The van der Waals surface area contributed by atoms with E-state index in [1.807, 2.05) is 37.3 Å². The Hall–Kier alpha value is -2.97. The van der Waals surface area contributed by atoms with Crippen LogP contribution in [0.1, 0.15) is 29.1 Å². The average Bonchev–Trinajstić information content (AvgIpc) is 3.13. The summed E-state index contributed by atoms with van der Waals surface area (Å²) >= 11 is 0. The predicted molar refractivity (Wildman–Crippen MR) is 133 cm³/mol. The van der Waals surface area contributed by atoms with E-state index in [-0.39, 0.29) is 24.1 Å². The van der Waals surface area contributed by atoms with Crippen LogP contribution in [0, 0.1) is 11.6 Å². The van der Waals surface area contributed by atoms with Crippen LogP contribution in [-0.2, 0) is 11.5 Å². The number of nitrogens with zero attached hydrogens (tertiary/aromatic N) is 1. The van der Waals surface area contributed by atoms with Crippen LogP contribution >= 0.6 is 0 Å². The van der Waals surface area contributed by atoms with Crippen molar-refractivity contribution in [3.8, 4) is 17.0 Å². The van der Waals surface area contributed by atoms with Crippen molar-refractivity contribution in [2.45, 2.75) is 45.4 Å². The van der Waals surface area contributed by atoms with Gasteiger partial charge in [-0.1, -0.05) is 50.0 Å². The van der Waals surface area contributed by atoms with Crippen molar-refractivity contribution in [3.05, 3.63) is 77.5 Å². The molecule has 1 aromatic heterocycles. The minimum Gasteiger partial charge on any atom is -0.484 e. The second-order valence-electron chi connectivity index (χ2n) is 9.39. The molecule has 1 atom stereocenters. The fraction of sp³-hybridized carbons (Fsp3) is 0.346. The molecule has 1 N–H and O–H groups in total. The van der Waals surface area contributed by atoms with E-state index in [0.717, 1.165) is 17.7 Å². The number of hydrogen-bond donors (Lipinski definition) is 1. The van der Waals surface area contributed by atoms with E-state index in [1.54, 1.807) is 10.6 Å². The smallest absolute Gasteiger partial charge is 0.271 e. The lowest BCUT2D eigenvalue weighted by Gasteiger charge is -2.18. The zero-order valence-electron chi connectivity index (χ0n) is 20.3. The molecule has 1 heterocycles. The van der Waals surface area contributed by atoms with Crippen LogP contribution in [-0.4, -0.2) is 32.2 Å². The number of benzene rings is 2. The van der Waals surface area contributed by atoms with Crippen LogP contribution in [0.4, 0.5) is 8.78 Å². The molecule has 0 radical (unpaired) electrons. The maximum absolute atomic E-state index is 14.8. The number of rotatable bonds is 10. The summed E-state index contributed by atoms with van der Waals surface area (Å²) < 4.78 is 42.1. The van der Waals surface area contributed by atoms with Crippen LogP contribution in [0.25, 0.3) is 11.3 Å². The quantitative estimate of drug-likeness (QED) is 0.272. The van der Waals surface area contributed by atoms with Gasteiger partial charge in [-0.2, -0.15) is 0 Å². The molecule has 3 aromatic rings. The Kier molecular flexibility index (Phi) is 8.27. The minimum absolute atomic E-state index is 0.0302. The third kappa shape index (κ3) is 6.33. The summed E-state index contributed by atoms with van der Waals surface area (Å²) in [6, 6.07) is 15.5. The molecular weight excluding hydrogens is 454 g/mol. The first-order chi connectivity index (χ1) is 16.1. The molecule has 5 nitrogen and oxygen atoms in total. The number of nitrogens with one attached hydrogen (secondary N) is 1. The van der Waals surface area contributed by atoms with E-state index < -0.39 is 25.6 Å². The number of amides is 1. The lowest BCUT2D eigenvalue weighted by atomic mass is 10.1. The highest BCUT2D eigenvalue weighted by Gasteiger charge is 2.26. The molecule has 0 fully saturated rings. The van der Waals surface area contributed by atoms with Crippen molar-refractivity contribution in [2.24, 2.45) is 0 Å². The summed E-state index contributed by atoms with van der Waals surface area (Å²) in [5.74, 6) is -1.50. The monoisotopic (exact) mass is 486 g/mol. The third-order valence-electron chi connectivity index (χ3n) is 5.50. The highest BCUT2D eigenvalue weighted by Crippen LogP contribution is 2.35. The molecule has 0 unspecified atom stereocenters. The summed E-state index contributed by atoms with van der Waals surface area (Å²) in [7, 11) is 0.198. The SMILES string of the molecule is CNC(=O)c1c(O[C@@H](C)c2ccccc2)cc(-c2ccc(F)cc2F)n1COCC[Si](C)(C)C. The molecule has 0 spiro atoms. The van der Waals surface area contributed by atoms with E-state index >= 15 is 0 Å². The van der Waals surface area contributed by atoms with Crippen molar-refractivity contribution in [2.75, 3.05) is 13.7 Å². The first-order valence-electron chi connectivity index (χ1n) is 11.3. The van der Waals surface area contributed by atoms with Crippen LogP contribution < -0.4 is 10.1 Å². The molecule has 0 saturated heterocycles. The second kappa shape index (κ2) is 11.0. The Bertz CT molecular complexity index is 1130. The second-order valence-corrected chi connectivity index (χ2v) is 15.0. The maximum atomic E-state index is 14.8. The Labute approximate surface area is 200 Å². The van der Waals surface area contributed by atoms with Crippen LogP contribution in [0.5, 0.6) is 5.75 Å².